The van der Waals surface area contributed by atoms with Crippen LogP contribution >= 0.6 is 7.60 Å². The lowest BCUT2D eigenvalue weighted by Gasteiger charge is -2.22. The summed E-state index contributed by atoms with van der Waals surface area (Å²) in [5.74, 6) is 0.407. The van der Waals surface area contributed by atoms with Crippen LogP contribution in [0.3, 0.4) is 0 Å². The van der Waals surface area contributed by atoms with Gasteiger partial charge in [0.05, 0.1) is 0 Å². The summed E-state index contributed by atoms with van der Waals surface area (Å²) in [6.07, 6.45) is 6.15. The molecule has 0 unspecified atom stereocenters. The van der Waals surface area contributed by atoms with Crippen molar-refractivity contribution in [2.24, 2.45) is 0 Å². The molecule has 2 rings (SSSR count). The Balaban J connectivity index is 2.04. The van der Waals surface area contributed by atoms with E-state index in [-0.39, 0.29) is 11.9 Å². The molecule has 0 atom stereocenters. The van der Waals surface area contributed by atoms with Crippen LogP contribution in [0.1, 0.15) is 53.9 Å². The second kappa shape index (κ2) is 7.35. The molecule has 0 saturated heterocycles. The summed E-state index contributed by atoms with van der Waals surface area (Å²) >= 11 is 0. The molecule has 1 aromatic carbocycles. The van der Waals surface area contributed by atoms with Gasteiger partial charge in [-0.1, -0.05) is 43.5 Å². The highest BCUT2D eigenvalue weighted by atomic mass is 31.2. The highest BCUT2D eigenvalue weighted by Crippen LogP contribution is 2.46. The van der Waals surface area contributed by atoms with Gasteiger partial charge in [0.15, 0.2) is 5.78 Å². The zero-order chi connectivity index (χ0) is 15.3. The van der Waals surface area contributed by atoms with Crippen LogP contribution in [0.2, 0.25) is 0 Å². The van der Waals surface area contributed by atoms with Crippen molar-refractivity contribution in [3.05, 3.63) is 35.4 Å². The Hall–Kier alpha value is -0.960. The Morgan fingerprint density at radius 1 is 1.10 bits per heavy atom. The van der Waals surface area contributed by atoms with Crippen LogP contribution in [0.4, 0.5) is 0 Å². The molecular weight excluding hydrogens is 287 g/mol. The van der Waals surface area contributed by atoms with E-state index in [9.17, 15) is 9.36 Å². The van der Waals surface area contributed by atoms with Crippen molar-refractivity contribution in [2.45, 2.75) is 38.0 Å². The Labute approximate surface area is 126 Å². The molecule has 21 heavy (non-hydrogen) atoms. The lowest BCUT2D eigenvalue weighted by molar-refractivity contribution is 0.101. The van der Waals surface area contributed by atoms with Gasteiger partial charge in [-0.15, -0.1) is 0 Å². The third-order valence-corrected chi connectivity index (χ3v) is 5.99. The van der Waals surface area contributed by atoms with Gasteiger partial charge in [0.1, 0.15) is 6.16 Å². The predicted molar refractivity (Wildman–Crippen MR) is 83.1 cm³/mol. The minimum Gasteiger partial charge on any atom is -0.312 e. The topological polar surface area (TPSA) is 52.6 Å². The molecule has 0 amide bonds. The third kappa shape index (κ3) is 4.26. The van der Waals surface area contributed by atoms with Gasteiger partial charge in [0.2, 0.25) is 0 Å². The van der Waals surface area contributed by atoms with Gasteiger partial charge in [-0.3, -0.25) is 9.36 Å². The summed E-state index contributed by atoms with van der Waals surface area (Å²) in [5, 5.41) is 0. The molecule has 0 aliphatic heterocycles. The number of rotatable bonds is 6. The fraction of sp³-hybridized carbons (Fsp3) is 0.562. The van der Waals surface area contributed by atoms with Crippen LogP contribution in [0.25, 0.3) is 0 Å². The molecule has 0 spiro atoms. The van der Waals surface area contributed by atoms with E-state index >= 15 is 0 Å². The van der Waals surface area contributed by atoms with Crippen LogP contribution < -0.4 is 0 Å². The third-order valence-electron chi connectivity index (χ3n) is 4.20. The molecule has 1 aromatic rings. The smallest absolute Gasteiger partial charge is 0.312 e. The Kier molecular flexibility index (Phi) is 5.74. The number of hydrogen-bond acceptors (Lipinski definition) is 4. The maximum absolute atomic E-state index is 12.1. The number of benzene rings is 1. The normalized spacial score (nSPS) is 16.9. The van der Waals surface area contributed by atoms with E-state index in [2.05, 4.69) is 0 Å². The lowest BCUT2D eigenvalue weighted by atomic mass is 9.84. The summed E-state index contributed by atoms with van der Waals surface area (Å²) in [7, 11) is -0.700. The predicted octanol–water partition coefficient (Wildman–Crippen LogP) is 4.40. The first-order chi connectivity index (χ1) is 10.1. The van der Waals surface area contributed by atoms with Gasteiger partial charge < -0.3 is 9.05 Å². The van der Waals surface area contributed by atoms with Crippen molar-refractivity contribution in [3.8, 4) is 0 Å². The van der Waals surface area contributed by atoms with Gasteiger partial charge >= 0.3 is 7.60 Å². The van der Waals surface area contributed by atoms with Gasteiger partial charge in [-0.25, -0.2) is 0 Å². The summed E-state index contributed by atoms with van der Waals surface area (Å²) in [6.45, 7) is 0. The van der Waals surface area contributed by atoms with Gasteiger partial charge in [-0.05, 0) is 24.3 Å². The van der Waals surface area contributed by atoms with Crippen molar-refractivity contribution in [2.75, 3.05) is 20.4 Å². The Morgan fingerprint density at radius 3 is 2.19 bits per heavy atom. The first-order valence-corrected chi connectivity index (χ1v) is 9.14. The van der Waals surface area contributed by atoms with Crippen LogP contribution in [0.15, 0.2) is 24.3 Å². The molecule has 4 nitrogen and oxygen atoms in total. The molecule has 116 valence electrons. The number of Topliss-reactive ketones (excluding diaryl/α,β-unsaturated/α-hetero) is 1. The van der Waals surface area contributed by atoms with Crippen LogP contribution in [-0.4, -0.2) is 26.2 Å². The maximum Gasteiger partial charge on any atom is 0.337 e. The van der Waals surface area contributed by atoms with Crippen LogP contribution in [0.5, 0.6) is 0 Å². The zero-order valence-electron chi connectivity index (χ0n) is 12.7. The highest BCUT2D eigenvalue weighted by Gasteiger charge is 2.26. The number of carbonyl (C=O) groups excluding carboxylic acids is 1. The van der Waals surface area contributed by atoms with Crippen molar-refractivity contribution >= 4 is 13.4 Å². The molecular formula is C16H23O4P. The number of ketones is 1. The first kappa shape index (κ1) is 16.4. The SMILES string of the molecule is COP(=O)(CC(=O)c1ccc(C2CCCCC2)cc1)OC. The van der Waals surface area contributed by atoms with E-state index in [1.807, 2.05) is 24.3 Å². The Morgan fingerprint density at radius 2 is 1.67 bits per heavy atom. The second-order valence-electron chi connectivity index (χ2n) is 5.51. The van der Waals surface area contributed by atoms with E-state index < -0.39 is 7.60 Å². The molecule has 1 aliphatic carbocycles. The molecule has 1 fully saturated rings. The molecule has 1 aliphatic rings. The highest BCUT2D eigenvalue weighted by molar-refractivity contribution is 7.54. The van der Waals surface area contributed by atoms with Crippen molar-refractivity contribution < 1.29 is 18.4 Å². The fourth-order valence-electron chi connectivity index (χ4n) is 2.85. The molecule has 0 radical (unpaired) electrons. The van der Waals surface area contributed by atoms with Crippen molar-refractivity contribution in [1.82, 2.24) is 0 Å². The largest absolute Gasteiger partial charge is 0.337 e. The fourth-order valence-corrected chi connectivity index (χ4v) is 3.79. The maximum atomic E-state index is 12.1. The average molecular weight is 310 g/mol. The summed E-state index contributed by atoms with van der Waals surface area (Å²) in [4.78, 5) is 12.1. The zero-order valence-corrected chi connectivity index (χ0v) is 13.6. The molecule has 5 heteroatoms. The van der Waals surface area contributed by atoms with Gasteiger partial charge in [-0.2, -0.15) is 0 Å². The van der Waals surface area contributed by atoms with Crippen LogP contribution in [0, 0.1) is 0 Å². The van der Waals surface area contributed by atoms with Gasteiger partial charge in [0.25, 0.3) is 0 Å². The second-order valence-corrected chi connectivity index (χ2v) is 7.78. The molecule has 0 aromatic heterocycles. The average Bonchev–Trinajstić information content (AvgIpc) is 2.55. The molecule has 1 saturated carbocycles. The van der Waals surface area contributed by atoms with Gasteiger partial charge in [0, 0.05) is 19.8 Å². The molecule has 0 N–H and O–H groups in total. The van der Waals surface area contributed by atoms with E-state index in [1.165, 1.54) is 51.9 Å². The monoisotopic (exact) mass is 310 g/mol. The van der Waals surface area contributed by atoms with E-state index in [4.69, 9.17) is 9.05 Å². The standard InChI is InChI=1S/C16H23O4P/c1-19-21(18,20-2)12-16(17)15-10-8-14(9-11-15)13-6-4-3-5-7-13/h8-11,13H,3-7,12H2,1-2H3. The lowest BCUT2D eigenvalue weighted by Crippen LogP contribution is -2.09. The number of carbonyl (C=O) groups is 1. The molecule has 0 heterocycles. The quantitative estimate of drug-likeness (QED) is 0.577. The minimum atomic E-state index is -3.29. The van der Waals surface area contributed by atoms with E-state index in [0.717, 1.165) is 0 Å². The molecule has 0 bridgehead atoms. The summed E-state index contributed by atoms with van der Waals surface area (Å²) in [5.41, 5.74) is 1.86. The van der Waals surface area contributed by atoms with E-state index in [1.54, 1.807) is 0 Å². The minimum absolute atomic E-state index is 0.211. The van der Waals surface area contributed by atoms with E-state index in [0.29, 0.717) is 11.5 Å². The van der Waals surface area contributed by atoms with Crippen molar-refractivity contribution in [1.29, 1.82) is 0 Å². The summed E-state index contributed by atoms with van der Waals surface area (Å²) in [6, 6.07) is 7.69. The number of hydrogen-bond donors (Lipinski definition) is 0. The summed E-state index contributed by atoms with van der Waals surface area (Å²) < 4.78 is 21.6. The van der Waals surface area contributed by atoms with Crippen LogP contribution in [-0.2, 0) is 13.6 Å². The Bertz CT molecular complexity index is 510. The first-order valence-electron chi connectivity index (χ1n) is 7.41. The van der Waals surface area contributed by atoms with Crippen molar-refractivity contribution in [3.63, 3.8) is 0 Å².